The van der Waals surface area contributed by atoms with Gasteiger partial charge in [-0.2, -0.15) is 4.21 Å². The fraction of sp³-hybridized carbons (Fsp3) is 0.600. The number of aromatic nitrogens is 3. The SMILES string of the molecule is O=S(O)OCCn1cc(CO)nn1. The number of rotatable bonds is 5. The molecule has 0 bridgehead atoms. The van der Waals surface area contributed by atoms with E-state index in [0.29, 0.717) is 12.2 Å². The third-order valence-corrected chi connectivity index (χ3v) is 1.62. The van der Waals surface area contributed by atoms with E-state index in [0.717, 1.165) is 0 Å². The second-order valence-electron chi connectivity index (χ2n) is 2.17. The molecule has 0 radical (unpaired) electrons. The second kappa shape index (κ2) is 5.02. The maximum atomic E-state index is 10.1. The highest BCUT2D eigenvalue weighted by atomic mass is 32.2. The number of hydrogen-bond donors (Lipinski definition) is 2. The maximum absolute atomic E-state index is 10.1. The van der Waals surface area contributed by atoms with Crippen molar-refractivity contribution in [2.24, 2.45) is 0 Å². The Morgan fingerprint density at radius 3 is 3.00 bits per heavy atom. The highest BCUT2D eigenvalue weighted by Gasteiger charge is 1.99. The molecule has 0 saturated heterocycles. The first-order chi connectivity index (χ1) is 6.22. The van der Waals surface area contributed by atoms with Gasteiger partial charge < -0.3 is 5.11 Å². The molecule has 0 fully saturated rings. The van der Waals surface area contributed by atoms with Gasteiger partial charge in [0.2, 0.25) is 0 Å². The highest BCUT2D eigenvalue weighted by molar-refractivity contribution is 7.74. The highest BCUT2D eigenvalue weighted by Crippen LogP contribution is 1.92. The normalized spacial score (nSPS) is 13.1. The number of hydrogen-bond acceptors (Lipinski definition) is 5. The van der Waals surface area contributed by atoms with Crippen LogP contribution in [0.5, 0.6) is 0 Å². The van der Waals surface area contributed by atoms with E-state index in [1.54, 1.807) is 0 Å². The Morgan fingerprint density at radius 2 is 2.46 bits per heavy atom. The van der Waals surface area contributed by atoms with Gasteiger partial charge in [-0.25, -0.2) is 4.68 Å². The Hall–Kier alpha value is -0.830. The van der Waals surface area contributed by atoms with Gasteiger partial charge in [0, 0.05) is 0 Å². The summed E-state index contributed by atoms with van der Waals surface area (Å²) in [5, 5.41) is 15.9. The molecule has 0 aliphatic carbocycles. The molecule has 0 amide bonds. The molecule has 0 spiro atoms. The van der Waals surface area contributed by atoms with Crippen LogP contribution >= 0.6 is 0 Å². The van der Waals surface area contributed by atoms with Crippen molar-refractivity contribution < 1.29 is 18.1 Å². The monoisotopic (exact) mass is 207 g/mol. The van der Waals surface area contributed by atoms with Gasteiger partial charge in [0.25, 0.3) is 0 Å². The molecule has 1 unspecified atom stereocenters. The van der Waals surface area contributed by atoms with Crippen molar-refractivity contribution in [1.82, 2.24) is 15.0 Å². The molecular formula is C5H9N3O4S. The van der Waals surface area contributed by atoms with E-state index < -0.39 is 11.4 Å². The Kier molecular flexibility index (Phi) is 3.96. The summed E-state index contributed by atoms with van der Waals surface area (Å²) in [6.07, 6.45) is 1.53. The van der Waals surface area contributed by atoms with Crippen LogP contribution in [-0.4, -0.2) is 35.5 Å². The molecule has 8 heteroatoms. The molecule has 1 rings (SSSR count). The predicted octanol–water partition coefficient (Wildman–Crippen LogP) is -1.08. The molecular weight excluding hydrogens is 198 g/mol. The lowest BCUT2D eigenvalue weighted by molar-refractivity contribution is 0.276. The lowest BCUT2D eigenvalue weighted by Crippen LogP contribution is -2.07. The van der Waals surface area contributed by atoms with Crippen molar-refractivity contribution in [3.8, 4) is 0 Å². The molecule has 1 aromatic rings. The molecule has 1 atom stereocenters. The first-order valence-electron chi connectivity index (χ1n) is 3.46. The van der Waals surface area contributed by atoms with Crippen LogP contribution < -0.4 is 0 Å². The van der Waals surface area contributed by atoms with E-state index >= 15 is 0 Å². The van der Waals surface area contributed by atoms with Crippen LogP contribution in [0.3, 0.4) is 0 Å². The summed E-state index contributed by atoms with van der Waals surface area (Å²) in [5.41, 5.74) is 0.449. The smallest absolute Gasteiger partial charge is 0.301 e. The molecule has 7 nitrogen and oxygen atoms in total. The largest absolute Gasteiger partial charge is 0.390 e. The minimum absolute atomic E-state index is 0.0668. The summed E-state index contributed by atoms with van der Waals surface area (Å²) in [5.74, 6) is 0. The van der Waals surface area contributed by atoms with Crippen LogP contribution in [0.15, 0.2) is 6.20 Å². The Balaban J connectivity index is 2.32. The summed E-state index contributed by atoms with van der Waals surface area (Å²) in [6.45, 7) is 0.212. The Bertz CT molecular complexity index is 289. The zero-order chi connectivity index (χ0) is 9.68. The van der Waals surface area contributed by atoms with Crippen molar-refractivity contribution in [1.29, 1.82) is 0 Å². The summed E-state index contributed by atoms with van der Waals surface area (Å²) >= 11 is -2.25. The lowest BCUT2D eigenvalue weighted by atomic mass is 10.5. The van der Waals surface area contributed by atoms with Crippen LogP contribution in [0, 0.1) is 0 Å². The molecule has 13 heavy (non-hydrogen) atoms. The van der Waals surface area contributed by atoms with Gasteiger partial charge in [-0.1, -0.05) is 5.21 Å². The molecule has 0 aromatic carbocycles. The molecule has 0 aliphatic rings. The number of aliphatic hydroxyl groups excluding tert-OH is 1. The quantitative estimate of drug-likeness (QED) is 0.596. The van der Waals surface area contributed by atoms with E-state index in [1.807, 2.05) is 0 Å². The first kappa shape index (κ1) is 10.3. The van der Waals surface area contributed by atoms with Gasteiger partial charge in [-0.15, -0.1) is 5.10 Å². The van der Waals surface area contributed by atoms with E-state index in [-0.39, 0.29) is 13.2 Å². The topological polar surface area (TPSA) is 97.5 Å². The summed E-state index contributed by atoms with van der Waals surface area (Å²) in [6, 6.07) is 0. The van der Waals surface area contributed by atoms with E-state index in [4.69, 9.17) is 9.66 Å². The maximum Gasteiger partial charge on any atom is 0.301 e. The zero-order valence-corrected chi connectivity index (χ0v) is 7.48. The summed E-state index contributed by atoms with van der Waals surface area (Å²) < 4.78 is 24.1. The summed E-state index contributed by atoms with van der Waals surface area (Å²) in [4.78, 5) is 0. The second-order valence-corrected chi connectivity index (χ2v) is 2.84. The van der Waals surface area contributed by atoms with Crippen LogP contribution in [0.4, 0.5) is 0 Å². The van der Waals surface area contributed by atoms with Gasteiger partial charge in [0.15, 0.2) is 0 Å². The van der Waals surface area contributed by atoms with Gasteiger partial charge in [0.1, 0.15) is 5.69 Å². The van der Waals surface area contributed by atoms with Crippen molar-refractivity contribution >= 4 is 11.4 Å². The summed E-state index contributed by atoms with van der Waals surface area (Å²) in [7, 11) is 0. The average Bonchev–Trinajstić information content (AvgIpc) is 2.52. The predicted molar refractivity (Wildman–Crippen MR) is 42.7 cm³/mol. The molecule has 0 aliphatic heterocycles. The average molecular weight is 207 g/mol. The van der Waals surface area contributed by atoms with Crippen LogP contribution in [0.1, 0.15) is 5.69 Å². The van der Waals surface area contributed by atoms with E-state index in [9.17, 15) is 4.21 Å². The standard InChI is InChI=1S/C5H9N3O4S/c9-4-5-3-8(7-6-5)1-2-12-13(10)11/h3,9H,1-2,4H2,(H,10,11). The van der Waals surface area contributed by atoms with Crippen LogP contribution in [0.25, 0.3) is 0 Å². The van der Waals surface area contributed by atoms with Gasteiger partial charge in [-0.05, 0) is 0 Å². The zero-order valence-electron chi connectivity index (χ0n) is 6.66. The molecule has 74 valence electrons. The van der Waals surface area contributed by atoms with E-state index in [2.05, 4.69) is 14.5 Å². The number of nitrogens with zero attached hydrogens (tertiary/aromatic N) is 3. The van der Waals surface area contributed by atoms with Crippen molar-refractivity contribution in [3.05, 3.63) is 11.9 Å². The lowest BCUT2D eigenvalue weighted by Gasteiger charge is -1.97. The van der Waals surface area contributed by atoms with Gasteiger partial charge >= 0.3 is 11.4 Å². The molecule has 1 aromatic heterocycles. The Morgan fingerprint density at radius 1 is 1.69 bits per heavy atom. The third kappa shape index (κ3) is 3.59. The minimum Gasteiger partial charge on any atom is -0.390 e. The Labute approximate surface area is 76.8 Å². The fourth-order valence-electron chi connectivity index (χ4n) is 0.722. The van der Waals surface area contributed by atoms with Gasteiger partial charge in [-0.3, -0.25) is 8.74 Å². The molecule has 0 saturated carbocycles. The van der Waals surface area contributed by atoms with Crippen molar-refractivity contribution in [2.45, 2.75) is 13.2 Å². The molecule has 1 heterocycles. The van der Waals surface area contributed by atoms with Crippen molar-refractivity contribution in [2.75, 3.05) is 6.61 Å². The van der Waals surface area contributed by atoms with Crippen molar-refractivity contribution in [3.63, 3.8) is 0 Å². The number of aliphatic hydroxyl groups is 1. The minimum atomic E-state index is -2.25. The third-order valence-electron chi connectivity index (χ3n) is 1.25. The van der Waals surface area contributed by atoms with Gasteiger partial charge in [0.05, 0.1) is 26.0 Å². The first-order valence-corrected chi connectivity index (χ1v) is 4.49. The van der Waals surface area contributed by atoms with E-state index in [1.165, 1.54) is 10.9 Å². The van der Waals surface area contributed by atoms with Crippen LogP contribution in [-0.2, 0) is 28.7 Å². The molecule has 2 N–H and O–H groups in total. The fourth-order valence-corrected chi connectivity index (χ4v) is 0.939. The van der Waals surface area contributed by atoms with Crippen LogP contribution in [0.2, 0.25) is 0 Å².